The molecule has 0 unspecified atom stereocenters. The summed E-state index contributed by atoms with van der Waals surface area (Å²) in [5, 5.41) is 39.7. The Morgan fingerprint density at radius 1 is 0.956 bits per heavy atom. The number of aliphatic hydroxyl groups is 1. The third-order valence-electron chi connectivity index (χ3n) is 7.16. The first-order chi connectivity index (χ1) is 21.9. The highest BCUT2D eigenvalue weighted by atomic mass is 35.5. The van der Waals surface area contributed by atoms with E-state index in [0.717, 1.165) is 46.6 Å². The third-order valence-corrected chi connectivity index (χ3v) is 7.46. The molecule has 0 saturated carbocycles. The number of unbranched alkanes of at least 4 members (excludes halogenated alkanes) is 1. The number of carbonyl (C=O) groups excluding carboxylic acids is 1. The van der Waals surface area contributed by atoms with Crippen LogP contribution in [0.15, 0.2) is 72.8 Å². The molecule has 5 aromatic rings. The second-order valence-electron chi connectivity index (χ2n) is 10.1. The molecule has 234 valence electrons. The summed E-state index contributed by atoms with van der Waals surface area (Å²) in [7, 11) is 0. The summed E-state index contributed by atoms with van der Waals surface area (Å²) in [5.74, 6) is 1.10. The minimum atomic E-state index is -0.836. The lowest BCUT2D eigenvalue weighted by Crippen LogP contribution is -2.18. The maximum absolute atomic E-state index is 12.7. The predicted molar refractivity (Wildman–Crippen MR) is 162 cm³/mol. The van der Waals surface area contributed by atoms with Gasteiger partial charge in [-0.05, 0) is 39.5 Å². The topological polar surface area (TPSA) is 161 Å². The molecule has 0 fully saturated rings. The van der Waals surface area contributed by atoms with E-state index >= 15 is 0 Å². The van der Waals surface area contributed by atoms with Crippen LogP contribution in [-0.4, -0.2) is 56.8 Å². The van der Waals surface area contributed by atoms with Crippen LogP contribution in [-0.2, 0) is 42.4 Å². The van der Waals surface area contributed by atoms with Crippen molar-refractivity contribution in [3.8, 4) is 22.5 Å². The molecule has 0 radical (unpaired) electrons. The number of halogens is 1. The Hall–Kier alpha value is -4.50. The summed E-state index contributed by atoms with van der Waals surface area (Å²) in [5.41, 5.74) is 5.24. The Morgan fingerprint density at radius 3 is 2.33 bits per heavy atom. The number of benzene rings is 3. The van der Waals surface area contributed by atoms with Crippen LogP contribution < -0.4 is 0 Å². The van der Waals surface area contributed by atoms with Crippen molar-refractivity contribution < 1.29 is 29.9 Å². The number of hydrogen-bond acceptors (Lipinski definition) is 11. The van der Waals surface area contributed by atoms with Gasteiger partial charge < -0.3 is 14.4 Å². The zero-order chi connectivity index (χ0) is 31.8. The van der Waals surface area contributed by atoms with Gasteiger partial charge in [0.25, 0.3) is 0 Å². The summed E-state index contributed by atoms with van der Waals surface area (Å²) in [6.45, 7) is 2.17. The number of carbonyl (C=O) groups is 1. The normalized spacial score (nSPS) is 11.3. The number of nitrogens with zero attached hydrogens (tertiary/aromatic N) is 7. The molecular weight excluding hydrogens is 602 g/mol. The van der Waals surface area contributed by atoms with Gasteiger partial charge in [-0.15, -0.1) is 10.2 Å². The quantitative estimate of drug-likeness (QED) is 0.142. The fourth-order valence-electron chi connectivity index (χ4n) is 4.83. The molecule has 0 aliphatic carbocycles. The van der Waals surface area contributed by atoms with Gasteiger partial charge in [0.05, 0.1) is 24.3 Å². The molecule has 2 aromatic heterocycles. The van der Waals surface area contributed by atoms with E-state index in [-0.39, 0.29) is 31.0 Å². The van der Waals surface area contributed by atoms with Crippen LogP contribution in [0.4, 0.5) is 4.79 Å². The van der Waals surface area contributed by atoms with Crippen LogP contribution in [0.25, 0.3) is 22.5 Å². The van der Waals surface area contributed by atoms with Crippen LogP contribution in [0, 0.1) is 0 Å². The van der Waals surface area contributed by atoms with Crippen molar-refractivity contribution in [3.63, 3.8) is 0 Å². The number of aryl methyl sites for hydroxylation is 1. The summed E-state index contributed by atoms with van der Waals surface area (Å²) >= 11 is 6.31. The van der Waals surface area contributed by atoms with Gasteiger partial charge in [-0.25, -0.2) is 14.6 Å². The summed E-state index contributed by atoms with van der Waals surface area (Å²) in [6, 6.07) is 22.4. The molecule has 0 atom stereocenters. The number of imidazole rings is 1. The minimum absolute atomic E-state index is 0.125. The number of aliphatic hydroxyl groups excluding tert-OH is 1. The third kappa shape index (κ3) is 7.78. The molecular formula is C31H32ClN7O6. The monoisotopic (exact) mass is 633 g/mol. The van der Waals surface area contributed by atoms with Gasteiger partial charge in [-0.2, -0.15) is 0 Å². The molecule has 5 rings (SSSR count). The van der Waals surface area contributed by atoms with Gasteiger partial charge in [0, 0.05) is 18.5 Å². The Bertz CT molecular complexity index is 1740. The maximum atomic E-state index is 12.7. The second-order valence-corrected chi connectivity index (χ2v) is 10.5. The maximum Gasteiger partial charge on any atom is 0.454 e. The predicted octanol–water partition coefficient (Wildman–Crippen LogP) is 5.44. The largest absolute Gasteiger partial charge is 0.454 e. The van der Waals surface area contributed by atoms with Gasteiger partial charge in [-0.3, -0.25) is 10.4 Å². The number of aromatic nitrogens is 6. The molecule has 0 saturated heterocycles. The molecule has 0 aliphatic rings. The molecule has 3 aromatic carbocycles. The molecule has 2 heterocycles. The Kier molecular flexibility index (Phi) is 10.6. The molecule has 0 aliphatic heterocycles. The molecule has 0 bridgehead atoms. The lowest BCUT2D eigenvalue weighted by molar-refractivity contribution is -0.497. The number of tetrazole rings is 1. The number of ether oxygens (including phenoxy) is 1. The number of hydrogen-bond donors (Lipinski definition) is 3. The van der Waals surface area contributed by atoms with Gasteiger partial charge in [0.2, 0.25) is 5.82 Å². The van der Waals surface area contributed by atoms with Gasteiger partial charge >= 0.3 is 6.09 Å². The van der Waals surface area contributed by atoms with Crippen LogP contribution in [0.5, 0.6) is 0 Å². The van der Waals surface area contributed by atoms with E-state index in [2.05, 4.69) is 32.2 Å². The van der Waals surface area contributed by atoms with Crippen molar-refractivity contribution in [1.82, 2.24) is 35.1 Å². The molecule has 0 spiro atoms. The summed E-state index contributed by atoms with van der Waals surface area (Å²) < 4.78 is 7.35. The standard InChI is InChI=1S/C31H32ClN7O6/c1-2-3-12-28-33-29(32)27(18-40)37(28)17-21-13-15-22(16-14-21)25-10-6-7-11-26(25)30-34-36-38(35-30)31(41)44-19-23-8-4-5-9-24(23)20-45-39(42)43/h4-11,13-16,40,42-43H,2-3,12,17-20H2,1H3. The van der Waals surface area contributed by atoms with Gasteiger partial charge in [0.1, 0.15) is 12.4 Å². The Balaban J connectivity index is 1.30. The van der Waals surface area contributed by atoms with Crippen molar-refractivity contribution >= 4 is 17.7 Å². The minimum Gasteiger partial charge on any atom is -0.442 e. The van der Waals surface area contributed by atoms with Crippen LogP contribution in [0.3, 0.4) is 0 Å². The van der Waals surface area contributed by atoms with E-state index < -0.39 is 6.09 Å². The SMILES string of the molecule is CCCCc1nc(Cl)c(CO)n1Cc1ccc(-c2ccccc2-c2nnn(C(=O)OCc3ccccc3CON(O)O)n2)cc1. The summed E-state index contributed by atoms with van der Waals surface area (Å²) in [6.07, 6.45) is 1.94. The Morgan fingerprint density at radius 2 is 1.64 bits per heavy atom. The zero-order valence-corrected chi connectivity index (χ0v) is 25.2. The van der Waals surface area contributed by atoms with Crippen LogP contribution >= 0.6 is 11.6 Å². The van der Waals surface area contributed by atoms with Crippen molar-refractivity contribution in [2.75, 3.05) is 0 Å². The lowest BCUT2D eigenvalue weighted by atomic mass is 9.98. The van der Waals surface area contributed by atoms with E-state index in [1.807, 2.05) is 53.1 Å². The van der Waals surface area contributed by atoms with E-state index in [1.54, 1.807) is 24.3 Å². The van der Waals surface area contributed by atoms with Crippen molar-refractivity contribution in [1.29, 1.82) is 0 Å². The van der Waals surface area contributed by atoms with Crippen LogP contribution in [0.2, 0.25) is 5.15 Å². The van der Waals surface area contributed by atoms with E-state index in [4.69, 9.17) is 26.8 Å². The number of rotatable bonds is 13. The lowest BCUT2D eigenvalue weighted by Gasteiger charge is -2.12. The first-order valence-electron chi connectivity index (χ1n) is 14.3. The average Bonchev–Trinajstić information content (AvgIpc) is 3.66. The highest BCUT2D eigenvalue weighted by Crippen LogP contribution is 2.30. The van der Waals surface area contributed by atoms with Crippen molar-refractivity contribution in [2.45, 2.75) is 52.6 Å². The van der Waals surface area contributed by atoms with E-state index in [1.165, 1.54) is 0 Å². The summed E-state index contributed by atoms with van der Waals surface area (Å²) in [4.78, 5) is 22.7. The van der Waals surface area contributed by atoms with E-state index in [9.17, 15) is 9.90 Å². The average molecular weight is 634 g/mol. The molecule has 0 amide bonds. The molecule has 3 N–H and O–H groups in total. The second kappa shape index (κ2) is 15.0. The smallest absolute Gasteiger partial charge is 0.442 e. The van der Waals surface area contributed by atoms with Crippen molar-refractivity contribution in [3.05, 3.63) is 106 Å². The zero-order valence-electron chi connectivity index (χ0n) is 24.5. The molecule has 13 nitrogen and oxygen atoms in total. The highest BCUT2D eigenvalue weighted by molar-refractivity contribution is 6.30. The first-order valence-corrected chi connectivity index (χ1v) is 14.6. The van der Waals surface area contributed by atoms with Crippen LogP contribution in [0.1, 0.15) is 48.0 Å². The first kappa shape index (κ1) is 31.9. The van der Waals surface area contributed by atoms with E-state index in [0.29, 0.717) is 34.1 Å². The highest BCUT2D eigenvalue weighted by Gasteiger charge is 2.18. The molecule has 45 heavy (non-hydrogen) atoms. The van der Waals surface area contributed by atoms with Gasteiger partial charge in [-0.1, -0.05) is 103 Å². The fraction of sp³-hybridized carbons (Fsp3) is 0.258. The Labute approximate surface area is 263 Å². The van der Waals surface area contributed by atoms with Crippen molar-refractivity contribution in [2.24, 2.45) is 0 Å². The fourth-order valence-corrected chi connectivity index (χ4v) is 5.09. The molecule has 14 heteroatoms. The van der Waals surface area contributed by atoms with Gasteiger partial charge in [0.15, 0.2) is 5.15 Å².